The summed E-state index contributed by atoms with van der Waals surface area (Å²) in [6.45, 7) is 0. The van der Waals surface area contributed by atoms with E-state index in [2.05, 4.69) is 15.9 Å². The molecule has 0 bridgehead atoms. The van der Waals surface area contributed by atoms with Gasteiger partial charge in [-0.25, -0.2) is 0 Å². The lowest BCUT2D eigenvalue weighted by atomic mass is 9.90. The lowest BCUT2D eigenvalue weighted by Crippen LogP contribution is -2.49. The zero-order valence-electron chi connectivity index (χ0n) is 10.5. The maximum Gasteiger partial charge on any atom is 0.223 e. The van der Waals surface area contributed by atoms with Gasteiger partial charge in [0.1, 0.15) is 0 Å². The minimum absolute atomic E-state index is 0.00590. The number of amides is 1. The van der Waals surface area contributed by atoms with E-state index in [1.54, 1.807) is 0 Å². The molecule has 1 aliphatic carbocycles. The summed E-state index contributed by atoms with van der Waals surface area (Å²) in [5, 5.41) is 0.678. The van der Waals surface area contributed by atoms with Gasteiger partial charge in [-0.15, -0.1) is 0 Å². The van der Waals surface area contributed by atoms with Crippen LogP contribution >= 0.6 is 27.5 Å². The minimum atomic E-state index is -0.0117. The number of carbonyl (C=O) groups is 1. The summed E-state index contributed by atoms with van der Waals surface area (Å²) in [6, 6.07) is 6.21. The maximum absolute atomic E-state index is 12.2. The Kier molecular flexibility index (Phi) is 3.58. The van der Waals surface area contributed by atoms with Crippen molar-refractivity contribution in [3.8, 4) is 0 Å². The van der Waals surface area contributed by atoms with E-state index in [1.807, 2.05) is 23.1 Å². The zero-order valence-corrected chi connectivity index (χ0v) is 12.8. The predicted octanol–water partition coefficient (Wildman–Crippen LogP) is 3.26. The SMILES string of the molecule is NC1CCC(=O)N(C2CC2)C1c1ccc(Cl)c(Br)c1. The molecule has 5 heteroatoms. The largest absolute Gasteiger partial charge is 0.331 e. The van der Waals surface area contributed by atoms with Gasteiger partial charge >= 0.3 is 0 Å². The Balaban J connectivity index is 1.97. The number of benzene rings is 1. The third-order valence-electron chi connectivity index (χ3n) is 3.91. The fourth-order valence-electron chi connectivity index (χ4n) is 2.83. The van der Waals surface area contributed by atoms with Crippen molar-refractivity contribution >= 4 is 33.4 Å². The van der Waals surface area contributed by atoms with Crippen LogP contribution in [0.5, 0.6) is 0 Å². The standard InChI is InChI=1S/C14H16BrClN2O/c15-10-7-8(1-4-11(10)16)14-12(17)5-6-13(19)18(14)9-2-3-9/h1,4,7,9,12,14H,2-3,5-6,17H2. The van der Waals surface area contributed by atoms with E-state index in [0.717, 1.165) is 29.3 Å². The number of rotatable bonds is 2. The summed E-state index contributed by atoms with van der Waals surface area (Å²) in [5.74, 6) is 0.236. The number of nitrogens with two attached hydrogens (primary N) is 1. The van der Waals surface area contributed by atoms with E-state index in [-0.39, 0.29) is 18.0 Å². The molecule has 102 valence electrons. The van der Waals surface area contributed by atoms with Crippen molar-refractivity contribution in [2.24, 2.45) is 5.73 Å². The molecule has 1 aromatic carbocycles. The highest BCUT2D eigenvalue weighted by Crippen LogP contribution is 2.41. The van der Waals surface area contributed by atoms with Crippen LogP contribution in [0.25, 0.3) is 0 Å². The van der Waals surface area contributed by atoms with Crippen molar-refractivity contribution in [3.05, 3.63) is 33.3 Å². The first kappa shape index (κ1) is 13.4. The van der Waals surface area contributed by atoms with Gasteiger partial charge in [-0.05, 0) is 52.9 Å². The van der Waals surface area contributed by atoms with Crippen LogP contribution in [0.3, 0.4) is 0 Å². The third-order valence-corrected chi connectivity index (χ3v) is 5.12. The molecule has 0 radical (unpaired) electrons. The molecule has 1 amide bonds. The summed E-state index contributed by atoms with van der Waals surface area (Å²) in [4.78, 5) is 14.2. The van der Waals surface area contributed by atoms with Gasteiger partial charge < -0.3 is 10.6 Å². The monoisotopic (exact) mass is 342 g/mol. The van der Waals surface area contributed by atoms with Crippen molar-refractivity contribution in [3.63, 3.8) is 0 Å². The van der Waals surface area contributed by atoms with E-state index in [9.17, 15) is 4.79 Å². The van der Waals surface area contributed by atoms with Crippen LogP contribution in [-0.2, 0) is 4.79 Å². The second-order valence-electron chi connectivity index (χ2n) is 5.35. The Labute approximate surface area is 126 Å². The normalized spacial score (nSPS) is 27.7. The van der Waals surface area contributed by atoms with Crippen LogP contribution in [0.1, 0.15) is 37.3 Å². The number of halogens is 2. The number of likely N-dealkylation sites (tertiary alicyclic amines) is 1. The molecular weight excluding hydrogens is 328 g/mol. The van der Waals surface area contributed by atoms with E-state index in [4.69, 9.17) is 17.3 Å². The average Bonchev–Trinajstić information content (AvgIpc) is 3.19. The van der Waals surface area contributed by atoms with Gasteiger partial charge in [0.15, 0.2) is 0 Å². The number of carbonyl (C=O) groups excluding carboxylic acids is 1. The Hall–Kier alpha value is -0.580. The van der Waals surface area contributed by atoms with E-state index in [0.29, 0.717) is 17.5 Å². The van der Waals surface area contributed by atoms with Crippen molar-refractivity contribution < 1.29 is 4.79 Å². The molecule has 0 aromatic heterocycles. The summed E-state index contributed by atoms with van der Waals surface area (Å²) in [5.41, 5.74) is 7.35. The molecule has 2 unspecified atom stereocenters. The number of hydrogen-bond donors (Lipinski definition) is 1. The lowest BCUT2D eigenvalue weighted by Gasteiger charge is -2.40. The van der Waals surface area contributed by atoms with Gasteiger partial charge in [0, 0.05) is 23.0 Å². The second kappa shape index (κ2) is 5.08. The number of hydrogen-bond acceptors (Lipinski definition) is 2. The summed E-state index contributed by atoms with van der Waals surface area (Å²) in [6.07, 6.45) is 3.53. The van der Waals surface area contributed by atoms with Crippen molar-refractivity contribution in [2.75, 3.05) is 0 Å². The van der Waals surface area contributed by atoms with Crippen LogP contribution in [0.4, 0.5) is 0 Å². The molecule has 1 aliphatic heterocycles. The van der Waals surface area contributed by atoms with Crippen molar-refractivity contribution in [2.45, 2.75) is 43.8 Å². The highest BCUT2D eigenvalue weighted by molar-refractivity contribution is 9.10. The molecule has 0 spiro atoms. The fourth-order valence-corrected chi connectivity index (χ4v) is 3.34. The Morgan fingerprint density at radius 3 is 2.68 bits per heavy atom. The Morgan fingerprint density at radius 1 is 1.32 bits per heavy atom. The molecule has 2 fully saturated rings. The maximum atomic E-state index is 12.2. The van der Waals surface area contributed by atoms with Crippen LogP contribution in [0.15, 0.2) is 22.7 Å². The molecule has 3 rings (SSSR count). The third kappa shape index (κ3) is 2.54. The first-order chi connectivity index (χ1) is 9.08. The van der Waals surface area contributed by atoms with E-state index in [1.165, 1.54) is 0 Å². The van der Waals surface area contributed by atoms with Gasteiger partial charge in [-0.2, -0.15) is 0 Å². The molecular formula is C14H16BrClN2O. The number of piperidine rings is 1. The molecule has 1 saturated heterocycles. The van der Waals surface area contributed by atoms with Gasteiger partial charge in [0.25, 0.3) is 0 Å². The van der Waals surface area contributed by atoms with Gasteiger partial charge in [0.2, 0.25) is 5.91 Å². The van der Waals surface area contributed by atoms with Crippen LogP contribution in [0, 0.1) is 0 Å². The Morgan fingerprint density at radius 2 is 2.05 bits per heavy atom. The Bertz CT molecular complexity index is 518. The smallest absolute Gasteiger partial charge is 0.223 e. The van der Waals surface area contributed by atoms with Crippen LogP contribution < -0.4 is 5.73 Å². The minimum Gasteiger partial charge on any atom is -0.331 e. The van der Waals surface area contributed by atoms with E-state index < -0.39 is 0 Å². The van der Waals surface area contributed by atoms with E-state index >= 15 is 0 Å². The first-order valence-electron chi connectivity index (χ1n) is 6.59. The van der Waals surface area contributed by atoms with Crippen molar-refractivity contribution in [1.29, 1.82) is 0 Å². The van der Waals surface area contributed by atoms with Crippen molar-refractivity contribution in [1.82, 2.24) is 4.90 Å². The lowest BCUT2D eigenvalue weighted by molar-refractivity contribution is -0.138. The zero-order chi connectivity index (χ0) is 13.6. The summed E-state index contributed by atoms with van der Waals surface area (Å²) >= 11 is 9.48. The van der Waals surface area contributed by atoms with Crippen LogP contribution in [-0.4, -0.2) is 22.9 Å². The molecule has 1 aromatic rings. The average molecular weight is 344 g/mol. The quantitative estimate of drug-likeness (QED) is 0.896. The topological polar surface area (TPSA) is 46.3 Å². The number of nitrogens with zero attached hydrogens (tertiary/aromatic N) is 1. The highest BCUT2D eigenvalue weighted by atomic mass is 79.9. The predicted molar refractivity (Wildman–Crippen MR) is 79.0 cm³/mol. The highest BCUT2D eigenvalue weighted by Gasteiger charge is 2.43. The summed E-state index contributed by atoms with van der Waals surface area (Å²) in [7, 11) is 0. The van der Waals surface area contributed by atoms with Gasteiger partial charge in [-0.3, -0.25) is 4.79 Å². The van der Waals surface area contributed by atoms with Gasteiger partial charge in [-0.1, -0.05) is 17.7 Å². The molecule has 2 atom stereocenters. The molecule has 1 heterocycles. The molecule has 2 N–H and O–H groups in total. The molecule has 19 heavy (non-hydrogen) atoms. The van der Waals surface area contributed by atoms with Crippen LogP contribution in [0.2, 0.25) is 5.02 Å². The molecule has 3 nitrogen and oxygen atoms in total. The fraction of sp³-hybridized carbons (Fsp3) is 0.500. The first-order valence-corrected chi connectivity index (χ1v) is 7.76. The molecule has 1 saturated carbocycles. The summed E-state index contributed by atoms with van der Waals surface area (Å²) < 4.78 is 0.854. The van der Waals surface area contributed by atoms with Gasteiger partial charge in [0.05, 0.1) is 11.1 Å². The molecule has 2 aliphatic rings. The second-order valence-corrected chi connectivity index (χ2v) is 6.61.